The molecule has 0 aliphatic carbocycles. The lowest BCUT2D eigenvalue weighted by molar-refractivity contribution is -0.0440. The first-order valence-electron chi connectivity index (χ1n) is 6.39. The van der Waals surface area contributed by atoms with Gasteiger partial charge < -0.3 is 9.84 Å². The van der Waals surface area contributed by atoms with E-state index in [4.69, 9.17) is 9.84 Å². The van der Waals surface area contributed by atoms with Crippen LogP contribution in [0.2, 0.25) is 0 Å². The van der Waals surface area contributed by atoms with Crippen molar-refractivity contribution in [1.29, 1.82) is 0 Å². The number of hydrogen-bond acceptors (Lipinski definition) is 4. The first-order chi connectivity index (χ1) is 9.34. The van der Waals surface area contributed by atoms with E-state index in [1.165, 1.54) is 16.4 Å². The van der Waals surface area contributed by atoms with Gasteiger partial charge in [-0.05, 0) is 32.0 Å². The van der Waals surface area contributed by atoms with Gasteiger partial charge in [-0.25, -0.2) is 12.8 Å². The fourth-order valence-electron chi connectivity index (χ4n) is 2.31. The van der Waals surface area contributed by atoms with Gasteiger partial charge in [0.2, 0.25) is 10.0 Å². The maximum absolute atomic E-state index is 13.3. The summed E-state index contributed by atoms with van der Waals surface area (Å²) in [7, 11) is -3.70. The Labute approximate surface area is 118 Å². The second-order valence-corrected chi connectivity index (χ2v) is 6.93. The zero-order chi connectivity index (χ0) is 14.9. The SMILES string of the molecule is CC1CN(S(=O)(=O)c2ccc(F)c(CO)c2)CC(C)O1. The zero-order valence-electron chi connectivity index (χ0n) is 11.4. The van der Waals surface area contributed by atoms with Crippen LogP contribution in [0.3, 0.4) is 0 Å². The Hall–Kier alpha value is -1.02. The number of nitrogens with zero attached hydrogens (tertiary/aromatic N) is 1. The van der Waals surface area contributed by atoms with Gasteiger partial charge in [-0.1, -0.05) is 0 Å². The number of hydrogen-bond donors (Lipinski definition) is 1. The Morgan fingerprint density at radius 3 is 2.50 bits per heavy atom. The van der Waals surface area contributed by atoms with Crippen LogP contribution in [0.15, 0.2) is 23.1 Å². The molecule has 1 aromatic carbocycles. The number of benzene rings is 1. The highest BCUT2D eigenvalue weighted by molar-refractivity contribution is 7.89. The van der Waals surface area contributed by atoms with Crippen LogP contribution in [0.5, 0.6) is 0 Å². The van der Waals surface area contributed by atoms with E-state index in [0.29, 0.717) is 0 Å². The Morgan fingerprint density at radius 1 is 1.35 bits per heavy atom. The highest BCUT2D eigenvalue weighted by atomic mass is 32.2. The molecule has 1 aliphatic rings. The van der Waals surface area contributed by atoms with Crippen molar-refractivity contribution in [3.8, 4) is 0 Å². The van der Waals surface area contributed by atoms with Crippen LogP contribution >= 0.6 is 0 Å². The van der Waals surface area contributed by atoms with Gasteiger partial charge in [0.1, 0.15) is 5.82 Å². The molecule has 1 heterocycles. The summed E-state index contributed by atoms with van der Waals surface area (Å²) in [6.07, 6.45) is -0.377. The van der Waals surface area contributed by atoms with E-state index >= 15 is 0 Å². The summed E-state index contributed by atoms with van der Waals surface area (Å²) < 4.78 is 45.2. The van der Waals surface area contributed by atoms with E-state index < -0.39 is 22.4 Å². The molecule has 0 bridgehead atoms. The van der Waals surface area contributed by atoms with Crippen LogP contribution in [-0.4, -0.2) is 43.1 Å². The molecule has 5 nitrogen and oxygen atoms in total. The molecule has 0 spiro atoms. The Kier molecular flexibility index (Phi) is 4.43. The van der Waals surface area contributed by atoms with Crippen molar-refractivity contribution in [1.82, 2.24) is 4.31 Å². The minimum atomic E-state index is -3.70. The first kappa shape index (κ1) is 15.4. The second-order valence-electron chi connectivity index (χ2n) is 4.99. The fourth-order valence-corrected chi connectivity index (χ4v) is 3.95. The van der Waals surface area contributed by atoms with Crippen LogP contribution in [-0.2, 0) is 21.4 Å². The average molecular weight is 303 g/mol. The molecule has 0 radical (unpaired) electrons. The molecule has 7 heteroatoms. The molecule has 20 heavy (non-hydrogen) atoms. The quantitative estimate of drug-likeness (QED) is 0.908. The summed E-state index contributed by atoms with van der Waals surface area (Å²) >= 11 is 0. The molecule has 1 N–H and O–H groups in total. The van der Waals surface area contributed by atoms with Crippen LogP contribution < -0.4 is 0 Å². The third-order valence-corrected chi connectivity index (χ3v) is 5.04. The van der Waals surface area contributed by atoms with Crippen molar-refractivity contribution in [3.63, 3.8) is 0 Å². The summed E-state index contributed by atoms with van der Waals surface area (Å²) in [4.78, 5) is -0.00995. The smallest absolute Gasteiger partial charge is 0.243 e. The van der Waals surface area contributed by atoms with E-state index in [-0.39, 0.29) is 35.8 Å². The highest BCUT2D eigenvalue weighted by Crippen LogP contribution is 2.23. The summed E-state index contributed by atoms with van der Waals surface area (Å²) in [6, 6.07) is 3.45. The number of aliphatic hydroxyl groups is 1. The lowest BCUT2D eigenvalue weighted by Crippen LogP contribution is -2.48. The van der Waals surface area contributed by atoms with Gasteiger partial charge in [0.25, 0.3) is 0 Å². The van der Waals surface area contributed by atoms with E-state index in [2.05, 4.69) is 0 Å². The van der Waals surface area contributed by atoms with Crippen molar-refractivity contribution >= 4 is 10.0 Å². The first-order valence-corrected chi connectivity index (χ1v) is 7.83. The largest absolute Gasteiger partial charge is 0.392 e. The zero-order valence-corrected chi connectivity index (χ0v) is 12.2. The van der Waals surface area contributed by atoms with Crippen molar-refractivity contribution in [2.45, 2.75) is 37.6 Å². The van der Waals surface area contributed by atoms with Crippen LogP contribution in [0, 0.1) is 5.82 Å². The number of sulfonamides is 1. The van der Waals surface area contributed by atoms with Gasteiger partial charge >= 0.3 is 0 Å². The molecule has 0 aromatic heterocycles. The molecule has 2 rings (SSSR count). The normalized spacial score (nSPS) is 24.8. The van der Waals surface area contributed by atoms with Gasteiger partial charge in [-0.2, -0.15) is 4.31 Å². The second kappa shape index (κ2) is 5.77. The third kappa shape index (κ3) is 3.01. The van der Waals surface area contributed by atoms with Gasteiger partial charge in [0, 0.05) is 18.7 Å². The summed E-state index contributed by atoms with van der Waals surface area (Å²) in [5, 5.41) is 9.03. The summed E-state index contributed by atoms with van der Waals surface area (Å²) in [6.45, 7) is 3.60. The minimum absolute atomic E-state index is 0.00995. The number of morpholine rings is 1. The maximum Gasteiger partial charge on any atom is 0.243 e. The van der Waals surface area contributed by atoms with Crippen molar-refractivity contribution in [2.24, 2.45) is 0 Å². The number of rotatable bonds is 3. The predicted molar refractivity (Wildman–Crippen MR) is 71.1 cm³/mol. The van der Waals surface area contributed by atoms with E-state index in [0.717, 1.165) is 6.07 Å². The Bertz CT molecular complexity index is 580. The molecule has 2 unspecified atom stereocenters. The third-order valence-electron chi connectivity index (χ3n) is 3.21. The van der Waals surface area contributed by atoms with Crippen LogP contribution in [0.1, 0.15) is 19.4 Å². The van der Waals surface area contributed by atoms with E-state index in [1.807, 2.05) is 13.8 Å². The molecule has 2 atom stereocenters. The number of halogens is 1. The fraction of sp³-hybridized carbons (Fsp3) is 0.538. The van der Waals surface area contributed by atoms with Crippen LogP contribution in [0.25, 0.3) is 0 Å². The summed E-state index contributed by atoms with van der Waals surface area (Å²) in [5.41, 5.74) is -0.0274. The lowest BCUT2D eigenvalue weighted by atomic mass is 10.2. The van der Waals surface area contributed by atoms with Gasteiger partial charge in [-0.3, -0.25) is 0 Å². The molecule has 1 aliphatic heterocycles. The Balaban J connectivity index is 2.34. The van der Waals surface area contributed by atoms with Crippen molar-refractivity contribution in [3.05, 3.63) is 29.6 Å². The Morgan fingerprint density at radius 2 is 1.95 bits per heavy atom. The molecule has 0 amide bonds. The van der Waals surface area contributed by atoms with Crippen molar-refractivity contribution in [2.75, 3.05) is 13.1 Å². The maximum atomic E-state index is 13.3. The molecule has 0 saturated carbocycles. The van der Waals surface area contributed by atoms with E-state index in [1.54, 1.807) is 0 Å². The topological polar surface area (TPSA) is 66.8 Å². The highest BCUT2D eigenvalue weighted by Gasteiger charge is 2.32. The van der Waals surface area contributed by atoms with Gasteiger partial charge in [0.05, 0.1) is 23.7 Å². The number of aliphatic hydroxyl groups excluding tert-OH is 1. The lowest BCUT2D eigenvalue weighted by Gasteiger charge is -2.34. The molecule has 112 valence electrons. The molecular formula is C13H18FNO4S. The van der Waals surface area contributed by atoms with Gasteiger partial charge in [-0.15, -0.1) is 0 Å². The number of ether oxygens (including phenoxy) is 1. The predicted octanol–water partition coefficient (Wildman–Crippen LogP) is 1.12. The minimum Gasteiger partial charge on any atom is -0.392 e. The molecular weight excluding hydrogens is 285 g/mol. The molecule has 1 aromatic rings. The standard InChI is InChI=1S/C13H18FNO4S/c1-9-6-15(7-10(2)19-9)20(17,18)12-3-4-13(14)11(5-12)8-16/h3-5,9-10,16H,6-8H2,1-2H3. The summed E-state index contributed by atoms with van der Waals surface area (Å²) in [5.74, 6) is -0.616. The average Bonchev–Trinajstić information content (AvgIpc) is 2.37. The van der Waals surface area contributed by atoms with Gasteiger partial charge in [0.15, 0.2) is 0 Å². The molecule has 1 fully saturated rings. The van der Waals surface area contributed by atoms with E-state index in [9.17, 15) is 12.8 Å². The van der Waals surface area contributed by atoms with Crippen molar-refractivity contribution < 1.29 is 22.7 Å². The monoisotopic (exact) mass is 303 g/mol. The molecule has 1 saturated heterocycles. The van der Waals surface area contributed by atoms with Crippen LogP contribution in [0.4, 0.5) is 4.39 Å².